The molecule has 1 aromatic heterocycles. The Morgan fingerprint density at radius 3 is 2.76 bits per heavy atom. The zero-order valence-corrected chi connectivity index (χ0v) is 13.5. The SMILES string of the molecule is CCCNCc1cc(C)nc(Oc2cc(C)ccc2Cl)c1. The first-order valence-electron chi connectivity index (χ1n) is 7.20. The van der Waals surface area contributed by atoms with Crippen molar-refractivity contribution in [2.75, 3.05) is 6.54 Å². The van der Waals surface area contributed by atoms with Crippen LogP contribution in [0.4, 0.5) is 0 Å². The van der Waals surface area contributed by atoms with Gasteiger partial charge in [0.1, 0.15) is 5.75 Å². The van der Waals surface area contributed by atoms with Crippen molar-refractivity contribution in [3.63, 3.8) is 0 Å². The van der Waals surface area contributed by atoms with Gasteiger partial charge >= 0.3 is 0 Å². The summed E-state index contributed by atoms with van der Waals surface area (Å²) in [4.78, 5) is 4.42. The smallest absolute Gasteiger partial charge is 0.219 e. The third kappa shape index (κ3) is 4.73. The highest BCUT2D eigenvalue weighted by Gasteiger charge is 2.06. The molecule has 0 spiro atoms. The summed E-state index contributed by atoms with van der Waals surface area (Å²) >= 11 is 6.16. The first-order chi connectivity index (χ1) is 10.1. The number of hydrogen-bond donors (Lipinski definition) is 1. The van der Waals surface area contributed by atoms with Crippen LogP contribution in [0.25, 0.3) is 0 Å². The van der Waals surface area contributed by atoms with E-state index < -0.39 is 0 Å². The predicted octanol–water partition coefficient (Wildman–Crippen LogP) is 4.64. The molecular formula is C17H21ClN2O. The van der Waals surface area contributed by atoms with Crippen molar-refractivity contribution < 1.29 is 4.74 Å². The Labute approximate surface area is 131 Å². The molecule has 0 amide bonds. The highest BCUT2D eigenvalue weighted by Crippen LogP contribution is 2.29. The van der Waals surface area contributed by atoms with Crippen molar-refractivity contribution in [2.45, 2.75) is 33.7 Å². The molecule has 0 bridgehead atoms. The van der Waals surface area contributed by atoms with E-state index in [9.17, 15) is 0 Å². The van der Waals surface area contributed by atoms with Crippen LogP contribution in [0.1, 0.15) is 30.2 Å². The number of benzene rings is 1. The van der Waals surface area contributed by atoms with Crippen molar-refractivity contribution in [3.05, 3.63) is 52.2 Å². The van der Waals surface area contributed by atoms with Crippen LogP contribution in [0.3, 0.4) is 0 Å². The van der Waals surface area contributed by atoms with Crippen LogP contribution in [-0.4, -0.2) is 11.5 Å². The fourth-order valence-corrected chi connectivity index (χ4v) is 2.23. The Balaban J connectivity index is 2.17. The van der Waals surface area contributed by atoms with Gasteiger partial charge in [-0.1, -0.05) is 24.6 Å². The van der Waals surface area contributed by atoms with Crippen molar-refractivity contribution in [3.8, 4) is 11.6 Å². The Morgan fingerprint density at radius 2 is 2.00 bits per heavy atom. The fraction of sp³-hybridized carbons (Fsp3) is 0.353. The number of pyridine rings is 1. The summed E-state index contributed by atoms with van der Waals surface area (Å²) in [6.45, 7) is 7.94. The Bertz CT molecular complexity index is 614. The molecule has 2 aromatic rings. The number of nitrogens with zero attached hydrogens (tertiary/aromatic N) is 1. The third-order valence-electron chi connectivity index (χ3n) is 3.05. The van der Waals surface area contributed by atoms with E-state index in [4.69, 9.17) is 16.3 Å². The van der Waals surface area contributed by atoms with Gasteiger partial charge in [0.05, 0.1) is 5.02 Å². The van der Waals surface area contributed by atoms with Crippen LogP contribution in [0.5, 0.6) is 11.6 Å². The molecular weight excluding hydrogens is 284 g/mol. The van der Waals surface area contributed by atoms with Gasteiger partial charge < -0.3 is 10.1 Å². The van der Waals surface area contributed by atoms with E-state index in [2.05, 4.69) is 23.3 Å². The second-order valence-electron chi connectivity index (χ2n) is 5.17. The van der Waals surface area contributed by atoms with E-state index in [0.717, 1.165) is 36.3 Å². The molecule has 1 N–H and O–H groups in total. The topological polar surface area (TPSA) is 34.2 Å². The van der Waals surface area contributed by atoms with Gasteiger partial charge in [-0.25, -0.2) is 4.98 Å². The molecule has 3 nitrogen and oxygen atoms in total. The molecule has 112 valence electrons. The Hall–Kier alpha value is -1.58. The molecule has 0 atom stereocenters. The van der Waals surface area contributed by atoms with Gasteiger partial charge in [-0.15, -0.1) is 0 Å². The van der Waals surface area contributed by atoms with E-state index in [-0.39, 0.29) is 0 Å². The maximum Gasteiger partial charge on any atom is 0.219 e. The summed E-state index contributed by atoms with van der Waals surface area (Å²) in [7, 11) is 0. The molecule has 21 heavy (non-hydrogen) atoms. The number of halogens is 1. The summed E-state index contributed by atoms with van der Waals surface area (Å²) in [5.41, 5.74) is 3.20. The molecule has 0 fully saturated rings. The number of aromatic nitrogens is 1. The van der Waals surface area contributed by atoms with Crippen LogP contribution in [0.2, 0.25) is 5.02 Å². The zero-order chi connectivity index (χ0) is 15.2. The average Bonchev–Trinajstić information content (AvgIpc) is 2.43. The lowest BCUT2D eigenvalue weighted by Gasteiger charge is -2.10. The van der Waals surface area contributed by atoms with Gasteiger partial charge in [0.25, 0.3) is 0 Å². The minimum atomic E-state index is 0.579. The molecule has 1 heterocycles. The van der Waals surface area contributed by atoms with Gasteiger partial charge in [0.2, 0.25) is 5.88 Å². The quantitative estimate of drug-likeness (QED) is 0.789. The van der Waals surface area contributed by atoms with Crippen molar-refractivity contribution in [1.82, 2.24) is 10.3 Å². The number of aryl methyl sites for hydroxylation is 2. The van der Waals surface area contributed by atoms with Crippen LogP contribution >= 0.6 is 11.6 Å². The van der Waals surface area contributed by atoms with E-state index >= 15 is 0 Å². The number of nitrogens with one attached hydrogen (secondary N) is 1. The molecule has 0 unspecified atom stereocenters. The third-order valence-corrected chi connectivity index (χ3v) is 3.36. The summed E-state index contributed by atoms with van der Waals surface area (Å²) in [6, 6.07) is 9.73. The largest absolute Gasteiger partial charge is 0.437 e. The lowest BCUT2D eigenvalue weighted by atomic mass is 10.2. The number of ether oxygens (including phenoxy) is 1. The minimum Gasteiger partial charge on any atom is -0.437 e. The van der Waals surface area contributed by atoms with Gasteiger partial charge in [0, 0.05) is 18.3 Å². The molecule has 2 rings (SSSR count). The van der Waals surface area contributed by atoms with Gasteiger partial charge in [0.15, 0.2) is 0 Å². The van der Waals surface area contributed by atoms with Crippen LogP contribution < -0.4 is 10.1 Å². The summed E-state index contributed by atoms with van der Waals surface area (Å²) < 4.78 is 5.85. The molecule has 4 heteroatoms. The lowest BCUT2D eigenvalue weighted by molar-refractivity contribution is 0.460. The van der Waals surface area contributed by atoms with Crippen molar-refractivity contribution in [1.29, 1.82) is 0 Å². The molecule has 0 aliphatic heterocycles. The van der Waals surface area contributed by atoms with Crippen LogP contribution in [0, 0.1) is 13.8 Å². The van der Waals surface area contributed by atoms with Gasteiger partial charge in [-0.05, 0) is 56.1 Å². The summed E-state index contributed by atoms with van der Waals surface area (Å²) in [5.74, 6) is 1.22. The standard InChI is InChI=1S/C17H21ClN2O/c1-4-7-19-11-14-9-13(3)20-17(10-14)21-16-8-12(2)5-6-15(16)18/h5-6,8-10,19H,4,7,11H2,1-3H3. The fourth-order valence-electron chi connectivity index (χ4n) is 2.07. The van der Waals surface area contributed by atoms with E-state index in [1.807, 2.05) is 38.1 Å². The molecule has 0 saturated carbocycles. The van der Waals surface area contributed by atoms with Gasteiger partial charge in [-0.3, -0.25) is 0 Å². The van der Waals surface area contributed by atoms with E-state index in [1.165, 1.54) is 0 Å². The second-order valence-corrected chi connectivity index (χ2v) is 5.57. The highest BCUT2D eigenvalue weighted by molar-refractivity contribution is 6.32. The number of rotatable bonds is 6. The maximum absolute atomic E-state index is 6.16. The second kappa shape index (κ2) is 7.43. The summed E-state index contributed by atoms with van der Waals surface area (Å²) in [5, 5.41) is 3.97. The lowest BCUT2D eigenvalue weighted by Crippen LogP contribution is -2.14. The summed E-state index contributed by atoms with van der Waals surface area (Å²) in [6.07, 6.45) is 1.12. The van der Waals surface area contributed by atoms with Gasteiger partial charge in [-0.2, -0.15) is 0 Å². The normalized spacial score (nSPS) is 10.7. The van der Waals surface area contributed by atoms with E-state index in [1.54, 1.807) is 0 Å². The monoisotopic (exact) mass is 304 g/mol. The Kier molecular flexibility index (Phi) is 5.59. The minimum absolute atomic E-state index is 0.579. The van der Waals surface area contributed by atoms with Crippen LogP contribution in [-0.2, 0) is 6.54 Å². The molecule has 0 aliphatic rings. The van der Waals surface area contributed by atoms with E-state index in [0.29, 0.717) is 16.7 Å². The predicted molar refractivity (Wildman–Crippen MR) is 87.2 cm³/mol. The molecule has 1 aromatic carbocycles. The van der Waals surface area contributed by atoms with Crippen molar-refractivity contribution in [2.24, 2.45) is 0 Å². The van der Waals surface area contributed by atoms with Crippen molar-refractivity contribution >= 4 is 11.6 Å². The molecule has 0 aliphatic carbocycles. The zero-order valence-electron chi connectivity index (χ0n) is 12.7. The first kappa shape index (κ1) is 15.8. The first-order valence-corrected chi connectivity index (χ1v) is 7.58. The number of hydrogen-bond acceptors (Lipinski definition) is 3. The van der Waals surface area contributed by atoms with Crippen LogP contribution in [0.15, 0.2) is 30.3 Å². The maximum atomic E-state index is 6.16. The molecule has 0 saturated heterocycles. The highest BCUT2D eigenvalue weighted by atomic mass is 35.5. The molecule has 0 radical (unpaired) electrons. The Morgan fingerprint density at radius 1 is 1.19 bits per heavy atom. The average molecular weight is 305 g/mol.